The largest absolute Gasteiger partial charge is 0.477 e. The monoisotopic (exact) mass is 758 g/mol. The molecular formula is C48H72FN3O3. The number of aldehydes is 1. The van der Waals surface area contributed by atoms with E-state index >= 15 is 0 Å². The van der Waals surface area contributed by atoms with Crippen LogP contribution in [-0.2, 0) is 12.8 Å². The van der Waals surface area contributed by atoms with Crippen molar-refractivity contribution in [3.63, 3.8) is 0 Å². The first-order valence-corrected chi connectivity index (χ1v) is 20.1. The lowest BCUT2D eigenvalue weighted by molar-refractivity contribution is 0.112. The van der Waals surface area contributed by atoms with Gasteiger partial charge in [-0.15, -0.1) is 0 Å². The van der Waals surface area contributed by atoms with E-state index in [1.165, 1.54) is 74.1 Å². The van der Waals surface area contributed by atoms with Crippen molar-refractivity contribution in [3.8, 4) is 11.9 Å². The number of pyridine rings is 1. The minimum absolute atomic E-state index is 0.322. The van der Waals surface area contributed by atoms with Gasteiger partial charge >= 0.3 is 0 Å². The van der Waals surface area contributed by atoms with Crippen LogP contribution in [0.3, 0.4) is 0 Å². The Balaban J connectivity index is 0. The zero-order valence-electron chi connectivity index (χ0n) is 36.3. The van der Waals surface area contributed by atoms with E-state index in [9.17, 15) is 9.18 Å². The third-order valence-corrected chi connectivity index (χ3v) is 7.99. The minimum atomic E-state index is -0.375. The quantitative estimate of drug-likeness (QED) is 0.0996. The van der Waals surface area contributed by atoms with E-state index in [0.29, 0.717) is 30.0 Å². The molecule has 0 unspecified atom stereocenters. The Morgan fingerprint density at radius 2 is 1.56 bits per heavy atom. The normalized spacial score (nSPS) is 9.95. The molecule has 2 aromatic carbocycles. The van der Waals surface area contributed by atoms with Crippen LogP contribution in [0, 0.1) is 43.8 Å². The minimum Gasteiger partial charge on any atom is -0.477 e. The number of unbranched alkanes of at least 4 members (excludes halogenated alkanes) is 4. The van der Waals surface area contributed by atoms with Crippen LogP contribution >= 0.6 is 0 Å². The molecule has 0 spiro atoms. The number of aromatic nitrogens is 2. The summed E-state index contributed by atoms with van der Waals surface area (Å²) in [6.07, 6.45) is 18.1. The highest BCUT2D eigenvalue weighted by atomic mass is 19.1. The zero-order valence-corrected chi connectivity index (χ0v) is 36.3. The SMILES string of the molecule is C/C=C(\C)CC(C)C.CCCC.CCCCC.CCCCc1ncco1.Cc1ccc(C=O)cc1C.Cc1cccc(OCCc2ccc(C#N)cc2F)n1. The number of carbonyl (C=O) groups excluding carboxylic acids is 1. The molecule has 0 amide bonds. The lowest BCUT2D eigenvalue weighted by Crippen LogP contribution is -2.04. The van der Waals surface area contributed by atoms with Crippen LogP contribution in [0.5, 0.6) is 5.88 Å². The molecule has 4 aromatic rings. The molecule has 0 atom stereocenters. The molecule has 0 aliphatic heterocycles. The number of nitrogens with zero attached hydrogens (tertiary/aromatic N) is 3. The Kier molecular flexibility index (Phi) is 33.6. The number of nitriles is 1. The van der Waals surface area contributed by atoms with Crippen LogP contribution in [0.4, 0.5) is 4.39 Å². The summed E-state index contributed by atoms with van der Waals surface area (Å²) in [4.78, 5) is 18.5. The number of aryl methyl sites for hydroxylation is 4. The molecule has 0 N–H and O–H groups in total. The fourth-order valence-corrected chi connectivity index (χ4v) is 4.34. The summed E-state index contributed by atoms with van der Waals surface area (Å²) < 4.78 is 24.1. The molecule has 2 heterocycles. The Bertz CT molecular complexity index is 1590. The first kappa shape index (κ1) is 52.5. The number of allylic oxidation sites excluding steroid dienone is 2. The van der Waals surface area contributed by atoms with Gasteiger partial charge in [0.25, 0.3) is 0 Å². The molecule has 0 bridgehead atoms. The van der Waals surface area contributed by atoms with E-state index in [-0.39, 0.29) is 5.82 Å². The van der Waals surface area contributed by atoms with Crippen molar-refractivity contribution in [1.82, 2.24) is 9.97 Å². The number of carbonyl (C=O) groups is 1. The predicted octanol–water partition coefficient (Wildman–Crippen LogP) is 14.2. The number of rotatable bonds is 13. The molecule has 0 aliphatic rings. The Morgan fingerprint density at radius 1 is 0.891 bits per heavy atom. The van der Waals surface area contributed by atoms with Crippen LogP contribution < -0.4 is 4.74 Å². The van der Waals surface area contributed by atoms with Gasteiger partial charge in [-0.2, -0.15) is 5.26 Å². The first-order chi connectivity index (χ1) is 26.3. The van der Waals surface area contributed by atoms with Crippen molar-refractivity contribution in [2.24, 2.45) is 5.92 Å². The van der Waals surface area contributed by atoms with E-state index in [1.54, 1.807) is 30.7 Å². The van der Waals surface area contributed by atoms with Gasteiger partial charge in [0.1, 0.15) is 18.4 Å². The van der Waals surface area contributed by atoms with Crippen LogP contribution in [0.1, 0.15) is 158 Å². The zero-order chi connectivity index (χ0) is 41.9. The van der Waals surface area contributed by atoms with E-state index < -0.39 is 0 Å². The lowest BCUT2D eigenvalue weighted by Gasteiger charge is -2.06. The van der Waals surface area contributed by atoms with Crippen LogP contribution in [0.2, 0.25) is 0 Å². The lowest BCUT2D eigenvalue weighted by atomic mass is 10.0. The highest BCUT2D eigenvalue weighted by molar-refractivity contribution is 5.75. The van der Waals surface area contributed by atoms with E-state index in [1.807, 2.05) is 57.2 Å². The number of halogens is 1. The van der Waals surface area contributed by atoms with Crippen molar-refractivity contribution in [3.05, 3.63) is 124 Å². The summed E-state index contributed by atoms with van der Waals surface area (Å²) in [5.74, 6) is 1.83. The number of hydrogen-bond donors (Lipinski definition) is 0. The average Bonchev–Trinajstić information content (AvgIpc) is 3.71. The molecule has 0 aliphatic carbocycles. The molecular weight excluding hydrogens is 686 g/mol. The van der Waals surface area contributed by atoms with Crippen molar-refractivity contribution < 1.29 is 18.3 Å². The second kappa shape index (κ2) is 35.2. The molecule has 0 fully saturated rings. The number of hydrogen-bond acceptors (Lipinski definition) is 6. The van der Waals surface area contributed by atoms with E-state index in [2.05, 4.69) is 78.4 Å². The number of benzene rings is 2. The van der Waals surface area contributed by atoms with Gasteiger partial charge in [0.05, 0.1) is 24.4 Å². The Labute approximate surface area is 334 Å². The molecule has 0 saturated carbocycles. The molecule has 6 nitrogen and oxygen atoms in total. The van der Waals surface area contributed by atoms with Crippen LogP contribution in [0.25, 0.3) is 0 Å². The Morgan fingerprint density at radius 3 is 2.00 bits per heavy atom. The van der Waals surface area contributed by atoms with Gasteiger partial charge in [0, 0.05) is 30.2 Å². The maximum absolute atomic E-state index is 13.6. The fraction of sp³-hybridized carbons (Fsp3) is 0.500. The fourth-order valence-electron chi connectivity index (χ4n) is 4.34. The maximum atomic E-state index is 13.6. The summed E-state index contributed by atoms with van der Waals surface area (Å²) in [6, 6.07) is 17.5. The van der Waals surface area contributed by atoms with Crippen LogP contribution in [-0.4, -0.2) is 22.9 Å². The van der Waals surface area contributed by atoms with Gasteiger partial charge in [0.2, 0.25) is 5.88 Å². The summed E-state index contributed by atoms with van der Waals surface area (Å²) in [7, 11) is 0. The molecule has 304 valence electrons. The van der Waals surface area contributed by atoms with Gasteiger partial charge in [-0.05, 0) is 94.3 Å². The standard InChI is InChI=1S/C15H13FN2O.C9H10O.C8H16.C7H11NO.C5H12.C4H10/c1-11-3-2-4-15(18-11)19-8-7-13-6-5-12(10-17)9-14(13)16;1-7-3-4-9(6-10)5-8(7)2;1-5-8(4)6-7(2)3;1-2-3-4-7-8-5-6-9-7;1-3-5-4-2;1-3-4-2/h2-6,9H,7-8H2,1H3;3-6H,1-2H3;5,7H,6H2,1-4H3;5-6H,2-4H2,1H3;3-5H2,1-2H3;3-4H2,1-2H3/b;;8-5+;;;. The summed E-state index contributed by atoms with van der Waals surface area (Å²) in [5.41, 5.74) is 6.38. The van der Waals surface area contributed by atoms with E-state index in [4.69, 9.17) is 14.4 Å². The summed E-state index contributed by atoms with van der Waals surface area (Å²) in [6.45, 7) is 26.0. The Hall–Kier alpha value is -4.57. The third kappa shape index (κ3) is 29.5. The van der Waals surface area contributed by atoms with Gasteiger partial charge in [-0.1, -0.05) is 123 Å². The van der Waals surface area contributed by atoms with Gasteiger partial charge in [-0.3, -0.25) is 4.79 Å². The van der Waals surface area contributed by atoms with Crippen molar-refractivity contribution >= 4 is 6.29 Å². The van der Waals surface area contributed by atoms with Crippen molar-refractivity contribution in [2.45, 2.75) is 147 Å². The summed E-state index contributed by atoms with van der Waals surface area (Å²) >= 11 is 0. The molecule has 7 heteroatoms. The smallest absolute Gasteiger partial charge is 0.213 e. The highest BCUT2D eigenvalue weighted by Gasteiger charge is 2.04. The second-order valence-corrected chi connectivity index (χ2v) is 13.7. The van der Waals surface area contributed by atoms with Gasteiger partial charge in [-0.25, -0.2) is 14.4 Å². The topological polar surface area (TPSA) is 89.0 Å². The summed E-state index contributed by atoms with van der Waals surface area (Å²) in [5, 5.41) is 8.65. The van der Waals surface area contributed by atoms with Crippen LogP contribution in [0.15, 0.2) is 83.1 Å². The average molecular weight is 758 g/mol. The third-order valence-electron chi connectivity index (χ3n) is 7.99. The molecule has 2 aromatic heterocycles. The first-order valence-electron chi connectivity index (χ1n) is 20.1. The number of oxazole rings is 1. The van der Waals surface area contributed by atoms with E-state index in [0.717, 1.165) is 35.8 Å². The van der Waals surface area contributed by atoms with Crippen molar-refractivity contribution in [2.75, 3.05) is 6.61 Å². The number of ether oxygens (including phenoxy) is 1. The second-order valence-electron chi connectivity index (χ2n) is 13.7. The van der Waals surface area contributed by atoms with Gasteiger partial charge in [0.15, 0.2) is 5.89 Å². The predicted molar refractivity (Wildman–Crippen MR) is 230 cm³/mol. The van der Waals surface area contributed by atoms with Gasteiger partial charge < -0.3 is 9.15 Å². The molecule has 55 heavy (non-hydrogen) atoms. The highest BCUT2D eigenvalue weighted by Crippen LogP contribution is 2.13. The molecule has 0 radical (unpaired) electrons. The molecule has 0 saturated heterocycles. The maximum Gasteiger partial charge on any atom is 0.213 e. The van der Waals surface area contributed by atoms with Crippen molar-refractivity contribution in [1.29, 1.82) is 5.26 Å². The molecule has 4 rings (SSSR count).